The van der Waals surface area contributed by atoms with E-state index < -0.39 is 36.3 Å². The maximum absolute atomic E-state index is 11.6. The van der Waals surface area contributed by atoms with Crippen molar-refractivity contribution in [3.05, 3.63) is 24.6 Å². The molecule has 0 aliphatic rings. The van der Waals surface area contributed by atoms with E-state index >= 15 is 0 Å². The molecule has 4 atom stereocenters. The number of aliphatic hydroxyl groups excluding tert-OH is 4. The van der Waals surface area contributed by atoms with Gasteiger partial charge in [0.1, 0.15) is 18.3 Å². The van der Waals surface area contributed by atoms with Gasteiger partial charge in [0, 0.05) is 0 Å². The number of carbonyl (C=O) groups is 2. The predicted molar refractivity (Wildman–Crippen MR) is 134 cm³/mol. The van der Waals surface area contributed by atoms with E-state index in [9.17, 15) is 30.0 Å². The summed E-state index contributed by atoms with van der Waals surface area (Å²) in [5, 5.41) is 49.9. The first kappa shape index (κ1) is 35.4. The summed E-state index contributed by atoms with van der Waals surface area (Å²) in [6, 6.07) is 0. The number of unbranched alkanes of at least 4 members (excludes halogenated alkanes) is 12. The van der Waals surface area contributed by atoms with Crippen LogP contribution in [0.1, 0.15) is 104 Å². The van der Waals surface area contributed by atoms with Gasteiger partial charge in [0.05, 0.1) is 12.2 Å². The summed E-state index contributed by atoms with van der Waals surface area (Å²) in [6.45, 7) is 4.40. The molecule has 0 rings (SSSR count). The Morgan fingerprint density at radius 2 is 1.17 bits per heavy atom. The largest absolute Gasteiger partial charge is 0.547 e. The number of quaternary nitrogens is 1. The SMILES string of the molecule is CCCCCCCCC=CNC(=O)[C@@H](O)[C@H](O)[C@@H](O)[C@@H](O)C(=O)[O-].CCCCCCCCC=C[NH3+]. The molecule has 0 fully saturated rings. The van der Waals surface area contributed by atoms with Crippen LogP contribution in [0.3, 0.4) is 0 Å². The van der Waals surface area contributed by atoms with Crippen LogP contribution in [0.2, 0.25) is 0 Å². The minimum Gasteiger partial charge on any atom is -0.547 e. The van der Waals surface area contributed by atoms with Gasteiger partial charge in [-0.15, -0.1) is 0 Å². The number of carboxylic acid groups (broad SMARTS) is 1. The van der Waals surface area contributed by atoms with Crippen molar-refractivity contribution in [3.8, 4) is 0 Å². The molecule has 9 heteroatoms. The summed E-state index contributed by atoms with van der Waals surface area (Å²) >= 11 is 0. The molecule has 9 nitrogen and oxygen atoms in total. The van der Waals surface area contributed by atoms with Gasteiger partial charge in [-0.2, -0.15) is 0 Å². The molecule has 0 radical (unpaired) electrons. The fourth-order valence-corrected chi connectivity index (χ4v) is 3.18. The number of amides is 1. The van der Waals surface area contributed by atoms with E-state index in [1.807, 2.05) is 6.20 Å². The van der Waals surface area contributed by atoms with Crippen LogP contribution in [0.5, 0.6) is 0 Å². The molecular weight excluding hydrogens is 452 g/mol. The molecule has 0 heterocycles. The van der Waals surface area contributed by atoms with Crippen molar-refractivity contribution in [2.45, 2.75) is 128 Å². The summed E-state index contributed by atoms with van der Waals surface area (Å²) in [5.41, 5.74) is 3.65. The molecule has 0 unspecified atom stereocenters. The number of carbonyl (C=O) groups excluding carboxylic acids is 2. The molecule has 0 spiro atoms. The number of carboxylic acids is 1. The molecule has 206 valence electrons. The zero-order valence-corrected chi connectivity index (χ0v) is 21.7. The normalized spacial score (nSPS) is 14.8. The number of aliphatic hydroxyl groups is 4. The number of nitrogens with one attached hydrogen (secondary N) is 1. The van der Waals surface area contributed by atoms with Crippen molar-refractivity contribution in [2.24, 2.45) is 0 Å². The van der Waals surface area contributed by atoms with Crippen molar-refractivity contribution in [2.75, 3.05) is 0 Å². The summed E-state index contributed by atoms with van der Waals surface area (Å²) in [7, 11) is 0. The first-order valence-electron chi connectivity index (χ1n) is 13.1. The molecule has 0 aromatic rings. The molecule has 0 aromatic heterocycles. The third-order valence-electron chi connectivity index (χ3n) is 5.47. The van der Waals surface area contributed by atoms with Crippen LogP contribution in [0.15, 0.2) is 24.6 Å². The first-order chi connectivity index (χ1) is 16.7. The smallest absolute Gasteiger partial charge is 0.255 e. The van der Waals surface area contributed by atoms with Gasteiger partial charge in [0.15, 0.2) is 6.10 Å². The van der Waals surface area contributed by atoms with Gasteiger partial charge in [0.2, 0.25) is 0 Å². The third-order valence-corrected chi connectivity index (χ3v) is 5.47. The molecule has 1 amide bonds. The Morgan fingerprint density at radius 1 is 0.743 bits per heavy atom. The van der Waals surface area contributed by atoms with Gasteiger partial charge < -0.3 is 41.4 Å². The number of hydrogen-bond donors (Lipinski definition) is 6. The minimum atomic E-state index is -2.41. The maximum atomic E-state index is 11.6. The van der Waals surface area contributed by atoms with E-state index in [2.05, 4.69) is 31.0 Å². The van der Waals surface area contributed by atoms with Crippen molar-refractivity contribution in [1.82, 2.24) is 5.32 Å². The number of allylic oxidation sites excluding steroid dienone is 2. The van der Waals surface area contributed by atoms with Crippen LogP contribution in [-0.4, -0.2) is 56.7 Å². The van der Waals surface area contributed by atoms with E-state index in [4.69, 9.17) is 5.11 Å². The highest BCUT2D eigenvalue weighted by Crippen LogP contribution is 2.08. The number of aliphatic carboxylic acids is 1. The Kier molecular flexibility index (Phi) is 25.6. The molecule has 0 saturated heterocycles. The fourth-order valence-electron chi connectivity index (χ4n) is 3.18. The summed E-state index contributed by atoms with van der Waals surface area (Å²) in [5.74, 6) is -3.04. The first-order valence-corrected chi connectivity index (χ1v) is 13.1. The van der Waals surface area contributed by atoms with E-state index in [1.165, 1.54) is 70.4 Å². The van der Waals surface area contributed by atoms with Gasteiger partial charge in [-0.25, -0.2) is 0 Å². The monoisotopic (exact) mass is 502 g/mol. The van der Waals surface area contributed by atoms with Crippen molar-refractivity contribution in [1.29, 1.82) is 0 Å². The van der Waals surface area contributed by atoms with Crippen LogP contribution in [0, 0.1) is 0 Å². The average Bonchev–Trinajstić information content (AvgIpc) is 2.85. The van der Waals surface area contributed by atoms with E-state index in [1.54, 1.807) is 6.08 Å². The van der Waals surface area contributed by atoms with Crippen LogP contribution in [0.25, 0.3) is 0 Å². The Morgan fingerprint density at radius 3 is 1.63 bits per heavy atom. The highest BCUT2D eigenvalue weighted by atomic mass is 16.4. The second-order valence-corrected chi connectivity index (χ2v) is 8.69. The Balaban J connectivity index is 0. The molecule has 0 aromatic carbocycles. The highest BCUT2D eigenvalue weighted by molar-refractivity contribution is 5.82. The van der Waals surface area contributed by atoms with Gasteiger partial charge in [-0.05, 0) is 38.0 Å². The Hall–Kier alpha value is -1.78. The molecule has 0 saturated carbocycles. The zero-order chi connectivity index (χ0) is 26.9. The van der Waals surface area contributed by atoms with Crippen LogP contribution < -0.4 is 16.2 Å². The lowest BCUT2D eigenvalue weighted by Crippen LogP contribution is -2.54. The van der Waals surface area contributed by atoms with E-state index in [-0.39, 0.29) is 0 Å². The molecular formula is C26H50N2O7. The highest BCUT2D eigenvalue weighted by Gasteiger charge is 2.34. The standard InChI is InChI=1S/C16H29NO7.C10H21N/c1-2-3-4-5-6-7-8-9-10-17-15(22)13(20)11(18)12(19)14(21)16(23)24;1-2-3-4-5-6-7-8-9-10-11/h9-14,18-21H,2-8H2,1H3,(H,17,22)(H,23,24);9-10H,2-8,11H2,1H3/t11-,12-,13+,14-;/m1./s1. The maximum Gasteiger partial charge on any atom is 0.255 e. The average molecular weight is 503 g/mol. The topological polar surface area (TPSA) is 178 Å². The second-order valence-electron chi connectivity index (χ2n) is 8.69. The lowest BCUT2D eigenvalue weighted by molar-refractivity contribution is -0.320. The lowest BCUT2D eigenvalue weighted by Gasteiger charge is -2.25. The molecule has 0 bridgehead atoms. The van der Waals surface area contributed by atoms with Gasteiger partial charge in [-0.1, -0.05) is 84.1 Å². The summed E-state index contributed by atoms with van der Waals surface area (Å²) in [4.78, 5) is 21.9. The van der Waals surface area contributed by atoms with Crippen molar-refractivity contribution >= 4 is 11.9 Å². The predicted octanol–water partition coefficient (Wildman–Crippen LogP) is 1.05. The molecule has 35 heavy (non-hydrogen) atoms. The zero-order valence-electron chi connectivity index (χ0n) is 21.7. The summed E-state index contributed by atoms with van der Waals surface area (Å²) in [6.07, 6.45) is 15.3. The molecule has 8 N–H and O–H groups in total. The second kappa shape index (κ2) is 25.3. The fraction of sp³-hybridized carbons (Fsp3) is 0.769. The number of rotatable bonds is 20. The lowest BCUT2D eigenvalue weighted by atomic mass is 10.0. The van der Waals surface area contributed by atoms with Crippen LogP contribution >= 0.6 is 0 Å². The van der Waals surface area contributed by atoms with Crippen molar-refractivity contribution < 1.29 is 40.9 Å². The minimum absolute atomic E-state index is 0.747. The van der Waals surface area contributed by atoms with Crippen LogP contribution in [0.4, 0.5) is 0 Å². The van der Waals surface area contributed by atoms with Crippen LogP contribution in [-0.2, 0) is 9.59 Å². The van der Waals surface area contributed by atoms with E-state index in [0.29, 0.717) is 0 Å². The molecule has 0 aliphatic heterocycles. The Labute approximate surface area is 211 Å². The van der Waals surface area contributed by atoms with Gasteiger partial charge in [0.25, 0.3) is 5.91 Å². The Bertz CT molecular complexity index is 570. The third kappa shape index (κ3) is 21.2. The quantitative estimate of drug-likeness (QED) is 0.135. The summed E-state index contributed by atoms with van der Waals surface area (Å²) < 4.78 is 0. The van der Waals surface area contributed by atoms with Gasteiger partial charge in [-0.3, -0.25) is 4.79 Å². The molecule has 0 aliphatic carbocycles. The van der Waals surface area contributed by atoms with Gasteiger partial charge >= 0.3 is 0 Å². The van der Waals surface area contributed by atoms with Crippen molar-refractivity contribution in [3.63, 3.8) is 0 Å². The number of hydrogen-bond acceptors (Lipinski definition) is 7. The van der Waals surface area contributed by atoms with E-state index in [0.717, 1.165) is 25.7 Å².